The van der Waals surface area contributed by atoms with Crippen molar-refractivity contribution in [3.8, 4) is 0 Å². The Morgan fingerprint density at radius 1 is 1.32 bits per heavy atom. The third-order valence-corrected chi connectivity index (χ3v) is 3.29. The molecule has 1 aliphatic heterocycles. The number of ether oxygens (including phenoxy) is 1. The fourth-order valence-corrected chi connectivity index (χ4v) is 2.12. The molecule has 2 heterocycles. The SMILES string of the molecule is CN(C(=O)c1cncc(C(=O)O)c1)C1CCOCC1. The molecular weight excluding hydrogens is 248 g/mol. The normalized spacial score (nSPS) is 16.1. The minimum Gasteiger partial charge on any atom is -0.478 e. The van der Waals surface area contributed by atoms with E-state index in [4.69, 9.17) is 9.84 Å². The summed E-state index contributed by atoms with van der Waals surface area (Å²) in [5, 5.41) is 8.90. The van der Waals surface area contributed by atoms with Crippen LogP contribution in [0, 0.1) is 0 Å². The molecule has 0 aromatic carbocycles. The highest BCUT2D eigenvalue weighted by molar-refractivity contribution is 5.97. The summed E-state index contributed by atoms with van der Waals surface area (Å²) in [4.78, 5) is 28.6. The Morgan fingerprint density at radius 2 is 1.95 bits per heavy atom. The summed E-state index contributed by atoms with van der Waals surface area (Å²) in [7, 11) is 1.73. The van der Waals surface area contributed by atoms with Gasteiger partial charge in [-0.15, -0.1) is 0 Å². The molecule has 1 amide bonds. The van der Waals surface area contributed by atoms with E-state index in [-0.39, 0.29) is 17.5 Å². The zero-order valence-electron chi connectivity index (χ0n) is 10.7. The standard InChI is InChI=1S/C13H16N2O4/c1-15(11-2-4-19-5-3-11)12(16)9-6-10(13(17)18)8-14-7-9/h6-8,11H,2-5H2,1H3,(H,17,18). The first-order valence-corrected chi connectivity index (χ1v) is 6.13. The number of hydrogen-bond acceptors (Lipinski definition) is 4. The van der Waals surface area contributed by atoms with Crippen LogP contribution in [-0.4, -0.2) is 53.2 Å². The van der Waals surface area contributed by atoms with E-state index in [0.717, 1.165) is 12.8 Å². The number of hydrogen-bond donors (Lipinski definition) is 1. The van der Waals surface area contributed by atoms with Crippen LogP contribution >= 0.6 is 0 Å². The highest BCUT2D eigenvalue weighted by Gasteiger charge is 2.24. The molecule has 0 saturated carbocycles. The Balaban J connectivity index is 2.14. The van der Waals surface area contributed by atoms with Crippen LogP contribution in [0.2, 0.25) is 0 Å². The molecular formula is C13H16N2O4. The van der Waals surface area contributed by atoms with Crippen molar-refractivity contribution in [3.05, 3.63) is 29.6 Å². The topological polar surface area (TPSA) is 79.7 Å². The molecule has 19 heavy (non-hydrogen) atoms. The van der Waals surface area contributed by atoms with Gasteiger partial charge in [0.1, 0.15) is 0 Å². The second-order valence-corrected chi connectivity index (χ2v) is 4.53. The van der Waals surface area contributed by atoms with Gasteiger partial charge in [0.25, 0.3) is 5.91 Å². The molecule has 1 aromatic heterocycles. The van der Waals surface area contributed by atoms with E-state index in [1.807, 2.05) is 0 Å². The molecule has 1 aliphatic rings. The Kier molecular flexibility index (Phi) is 4.11. The fourth-order valence-electron chi connectivity index (χ4n) is 2.12. The molecule has 0 spiro atoms. The van der Waals surface area contributed by atoms with Crippen molar-refractivity contribution < 1.29 is 19.4 Å². The molecule has 2 rings (SSSR count). The quantitative estimate of drug-likeness (QED) is 0.882. The average molecular weight is 264 g/mol. The molecule has 1 N–H and O–H groups in total. The Bertz CT molecular complexity index is 483. The van der Waals surface area contributed by atoms with Gasteiger partial charge in [0.05, 0.1) is 11.1 Å². The third-order valence-electron chi connectivity index (χ3n) is 3.29. The van der Waals surface area contributed by atoms with Crippen LogP contribution in [0.5, 0.6) is 0 Å². The molecule has 102 valence electrons. The van der Waals surface area contributed by atoms with E-state index in [1.54, 1.807) is 11.9 Å². The Morgan fingerprint density at radius 3 is 2.58 bits per heavy atom. The predicted octanol–water partition coefficient (Wildman–Crippen LogP) is 1.03. The van der Waals surface area contributed by atoms with E-state index < -0.39 is 5.97 Å². The van der Waals surface area contributed by atoms with Gasteiger partial charge in [0.15, 0.2) is 0 Å². The number of nitrogens with zero attached hydrogens (tertiary/aromatic N) is 2. The van der Waals surface area contributed by atoms with Crippen molar-refractivity contribution in [3.63, 3.8) is 0 Å². The summed E-state index contributed by atoms with van der Waals surface area (Å²) >= 11 is 0. The molecule has 0 unspecified atom stereocenters. The summed E-state index contributed by atoms with van der Waals surface area (Å²) in [6.07, 6.45) is 4.22. The van der Waals surface area contributed by atoms with Gasteiger partial charge in [-0.1, -0.05) is 0 Å². The molecule has 1 aromatic rings. The van der Waals surface area contributed by atoms with Crippen LogP contribution in [0.1, 0.15) is 33.6 Å². The van der Waals surface area contributed by atoms with Gasteiger partial charge in [-0.05, 0) is 18.9 Å². The van der Waals surface area contributed by atoms with Crippen LogP contribution in [0.3, 0.4) is 0 Å². The number of rotatable bonds is 3. The van der Waals surface area contributed by atoms with Crippen molar-refractivity contribution in [2.45, 2.75) is 18.9 Å². The summed E-state index contributed by atoms with van der Waals surface area (Å²) in [6, 6.07) is 1.49. The maximum atomic E-state index is 12.3. The second kappa shape index (κ2) is 5.79. The van der Waals surface area contributed by atoms with Crippen molar-refractivity contribution >= 4 is 11.9 Å². The lowest BCUT2D eigenvalue weighted by Crippen LogP contribution is -2.40. The van der Waals surface area contributed by atoms with Crippen molar-refractivity contribution in [2.24, 2.45) is 0 Å². The Labute approximate surface area is 111 Å². The number of aromatic carboxylic acids is 1. The highest BCUT2D eigenvalue weighted by Crippen LogP contribution is 2.16. The molecule has 0 aliphatic carbocycles. The monoisotopic (exact) mass is 264 g/mol. The average Bonchev–Trinajstić information content (AvgIpc) is 2.46. The molecule has 0 bridgehead atoms. The van der Waals surface area contributed by atoms with E-state index in [1.165, 1.54) is 18.5 Å². The summed E-state index contributed by atoms with van der Waals surface area (Å²) in [5.41, 5.74) is 0.320. The Hall–Kier alpha value is -1.95. The third kappa shape index (κ3) is 3.08. The van der Waals surface area contributed by atoms with Crippen molar-refractivity contribution in [1.82, 2.24) is 9.88 Å². The van der Waals surface area contributed by atoms with Gasteiger partial charge in [0, 0.05) is 38.7 Å². The molecule has 6 nitrogen and oxygen atoms in total. The zero-order chi connectivity index (χ0) is 13.8. The smallest absolute Gasteiger partial charge is 0.337 e. The minimum atomic E-state index is -1.09. The van der Waals surface area contributed by atoms with Crippen LogP contribution in [0.25, 0.3) is 0 Å². The zero-order valence-corrected chi connectivity index (χ0v) is 10.7. The lowest BCUT2D eigenvalue weighted by atomic mass is 10.1. The molecule has 0 atom stereocenters. The molecule has 0 radical (unpaired) electrons. The number of amides is 1. The van der Waals surface area contributed by atoms with E-state index >= 15 is 0 Å². The number of pyridine rings is 1. The number of aromatic nitrogens is 1. The number of carbonyl (C=O) groups excluding carboxylic acids is 1. The van der Waals surface area contributed by atoms with E-state index in [0.29, 0.717) is 18.8 Å². The lowest BCUT2D eigenvalue weighted by molar-refractivity contribution is 0.0362. The molecule has 6 heteroatoms. The largest absolute Gasteiger partial charge is 0.478 e. The van der Waals surface area contributed by atoms with Gasteiger partial charge in [-0.25, -0.2) is 4.79 Å². The summed E-state index contributed by atoms with van der Waals surface area (Å²) in [5.74, 6) is -1.29. The highest BCUT2D eigenvalue weighted by atomic mass is 16.5. The second-order valence-electron chi connectivity index (χ2n) is 4.53. The van der Waals surface area contributed by atoms with E-state index in [9.17, 15) is 9.59 Å². The van der Waals surface area contributed by atoms with Gasteiger partial charge in [0.2, 0.25) is 0 Å². The fraction of sp³-hybridized carbons (Fsp3) is 0.462. The maximum Gasteiger partial charge on any atom is 0.337 e. The minimum absolute atomic E-state index is 0.0197. The van der Waals surface area contributed by atoms with Crippen LogP contribution in [-0.2, 0) is 4.74 Å². The van der Waals surface area contributed by atoms with Crippen LogP contribution < -0.4 is 0 Å². The number of carboxylic acid groups (broad SMARTS) is 1. The van der Waals surface area contributed by atoms with Gasteiger partial charge < -0.3 is 14.7 Å². The first-order chi connectivity index (χ1) is 9.09. The number of carbonyl (C=O) groups is 2. The van der Waals surface area contributed by atoms with Crippen LogP contribution in [0.4, 0.5) is 0 Å². The van der Waals surface area contributed by atoms with Gasteiger partial charge in [-0.3, -0.25) is 9.78 Å². The summed E-state index contributed by atoms with van der Waals surface area (Å²) < 4.78 is 5.26. The number of carboxylic acids is 1. The first-order valence-electron chi connectivity index (χ1n) is 6.13. The predicted molar refractivity (Wildman–Crippen MR) is 67.1 cm³/mol. The maximum absolute atomic E-state index is 12.3. The van der Waals surface area contributed by atoms with Crippen molar-refractivity contribution in [2.75, 3.05) is 20.3 Å². The van der Waals surface area contributed by atoms with Crippen molar-refractivity contribution in [1.29, 1.82) is 0 Å². The molecule has 1 saturated heterocycles. The van der Waals surface area contributed by atoms with Gasteiger partial charge >= 0.3 is 5.97 Å². The van der Waals surface area contributed by atoms with E-state index in [2.05, 4.69) is 4.98 Å². The van der Waals surface area contributed by atoms with Gasteiger partial charge in [-0.2, -0.15) is 0 Å². The van der Waals surface area contributed by atoms with Crippen LogP contribution in [0.15, 0.2) is 18.5 Å². The lowest BCUT2D eigenvalue weighted by Gasteiger charge is -2.31. The summed E-state index contributed by atoms with van der Waals surface area (Å²) in [6.45, 7) is 1.30. The first kappa shape index (κ1) is 13.5. The molecule has 1 fully saturated rings.